The maximum Gasteiger partial charge on any atom is 0.283 e. The van der Waals surface area contributed by atoms with Crippen molar-refractivity contribution in [2.24, 2.45) is 16.6 Å². The molecule has 4 rings (SSSR count). The molecule has 1 aliphatic carbocycles. The Morgan fingerprint density at radius 2 is 2.07 bits per heavy atom. The lowest BCUT2D eigenvalue weighted by molar-refractivity contribution is 0.0177. The fourth-order valence-corrected chi connectivity index (χ4v) is 3.62. The van der Waals surface area contributed by atoms with Gasteiger partial charge in [0.2, 0.25) is 0 Å². The average Bonchev–Trinajstić information content (AvgIpc) is 3.41. The van der Waals surface area contributed by atoms with E-state index in [4.69, 9.17) is 10.5 Å². The molecule has 0 bridgehead atoms. The quantitative estimate of drug-likeness (QED) is 0.841. The molecule has 0 radical (unpaired) electrons. The molecule has 138 valence electrons. The number of nitrogens with two attached hydrogens (primary N) is 1. The molecule has 1 aromatic heterocycles. The number of hydrogen-bond donors (Lipinski definition) is 1. The zero-order chi connectivity index (χ0) is 19.2. The minimum Gasteiger partial charge on any atom is -0.462 e. The van der Waals surface area contributed by atoms with Crippen LogP contribution in [0.3, 0.4) is 0 Å². The van der Waals surface area contributed by atoms with E-state index in [-0.39, 0.29) is 11.6 Å². The van der Waals surface area contributed by atoms with Crippen LogP contribution in [0.1, 0.15) is 24.5 Å². The summed E-state index contributed by atoms with van der Waals surface area (Å²) in [7, 11) is 0. The minimum absolute atomic E-state index is 0.180. The minimum atomic E-state index is -2.92. The molecule has 3 atom stereocenters. The van der Waals surface area contributed by atoms with Gasteiger partial charge < -0.3 is 10.5 Å². The first-order chi connectivity index (χ1) is 13.0. The third kappa shape index (κ3) is 2.81. The van der Waals surface area contributed by atoms with Gasteiger partial charge in [0.05, 0.1) is 0 Å². The molecule has 4 nitrogen and oxygen atoms in total. The van der Waals surface area contributed by atoms with Crippen LogP contribution >= 0.6 is 0 Å². The zero-order valence-corrected chi connectivity index (χ0v) is 14.4. The van der Waals surface area contributed by atoms with Gasteiger partial charge in [-0.15, -0.1) is 5.92 Å². The van der Waals surface area contributed by atoms with Crippen LogP contribution in [0, 0.1) is 23.6 Å². The molecule has 0 spiro atoms. The number of ether oxygens (including phenoxy) is 1. The number of aromatic nitrogens is 1. The van der Waals surface area contributed by atoms with Gasteiger partial charge in [-0.1, -0.05) is 12.0 Å². The molecular formula is C20H16F3N3O. The Balaban J connectivity index is 1.86. The summed E-state index contributed by atoms with van der Waals surface area (Å²) in [6, 6.07) is 5.54. The van der Waals surface area contributed by atoms with Crippen molar-refractivity contribution < 1.29 is 17.9 Å². The summed E-state index contributed by atoms with van der Waals surface area (Å²) >= 11 is 0. The zero-order valence-electron chi connectivity index (χ0n) is 14.4. The van der Waals surface area contributed by atoms with E-state index in [2.05, 4.69) is 21.8 Å². The fourth-order valence-electron chi connectivity index (χ4n) is 3.62. The third-order valence-corrected chi connectivity index (χ3v) is 4.94. The first-order valence-electron chi connectivity index (χ1n) is 8.44. The molecule has 2 N–H and O–H groups in total. The van der Waals surface area contributed by atoms with Crippen molar-refractivity contribution >= 4 is 6.02 Å². The smallest absolute Gasteiger partial charge is 0.283 e. The van der Waals surface area contributed by atoms with Gasteiger partial charge in [0.25, 0.3) is 12.4 Å². The number of fused-ring (bicyclic) bond motifs is 1. The van der Waals surface area contributed by atoms with E-state index < -0.39 is 29.8 Å². The normalized spacial score (nSPS) is 25.7. The van der Waals surface area contributed by atoms with Crippen molar-refractivity contribution in [2.45, 2.75) is 31.4 Å². The van der Waals surface area contributed by atoms with E-state index in [0.717, 1.165) is 0 Å². The molecule has 1 fully saturated rings. The summed E-state index contributed by atoms with van der Waals surface area (Å²) in [4.78, 5) is 8.01. The number of benzene rings is 1. The van der Waals surface area contributed by atoms with Crippen molar-refractivity contribution in [1.82, 2.24) is 4.98 Å². The summed E-state index contributed by atoms with van der Waals surface area (Å²) in [5, 5.41) is 0. The highest BCUT2D eigenvalue weighted by molar-refractivity contribution is 5.74. The van der Waals surface area contributed by atoms with Crippen LogP contribution in [0.15, 0.2) is 41.7 Å². The van der Waals surface area contributed by atoms with Crippen molar-refractivity contribution in [3.8, 4) is 23.0 Å². The van der Waals surface area contributed by atoms with Gasteiger partial charge in [-0.2, -0.15) is 0 Å². The molecule has 1 saturated carbocycles. The van der Waals surface area contributed by atoms with Crippen molar-refractivity contribution in [3.63, 3.8) is 0 Å². The fraction of sp³-hybridized carbons (Fsp3) is 0.300. The highest BCUT2D eigenvalue weighted by Gasteiger charge is 2.64. The number of alkyl halides is 2. The SMILES string of the molecule is CC#Cc1cncc(-c2ccc(F)c([C@@]3(C(F)F)N=C(N)O[C@@H]4CC43)c2)c1. The highest BCUT2D eigenvalue weighted by Crippen LogP contribution is 2.56. The standard InChI is InChI=1S/C20H16F3N3O/c1-2-3-11-6-13(10-25-9-11)12-4-5-16(21)14(7-12)20(18(22)23)15-8-17(15)27-19(24)26-20/h4-7,9-10,15,17-18H,8H2,1H3,(H2,24,26)/t15?,17-,20-/m1/s1. The second-order valence-electron chi connectivity index (χ2n) is 6.61. The lowest BCUT2D eigenvalue weighted by atomic mass is 9.83. The second-order valence-corrected chi connectivity index (χ2v) is 6.61. The van der Waals surface area contributed by atoms with Gasteiger partial charge in [0.1, 0.15) is 11.9 Å². The van der Waals surface area contributed by atoms with E-state index in [1.165, 1.54) is 18.2 Å². The number of nitrogens with zero attached hydrogens (tertiary/aromatic N) is 2. The number of pyridine rings is 1. The summed E-state index contributed by atoms with van der Waals surface area (Å²) in [5.74, 6) is 4.31. The number of halogens is 3. The first kappa shape index (κ1) is 17.4. The predicted octanol–water partition coefficient (Wildman–Crippen LogP) is 3.45. The topological polar surface area (TPSA) is 60.5 Å². The molecular weight excluding hydrogens is 355 g/mol. The molecule has 0 amide bonds. The molecule has 2 aromatic rings. The lowest BCUT2D eigenvalue weighted by Gasteiger charge is -2.33. The second kappa shape index (κ2) is 6.31. The van der Waals surface area contributed by atoms with Crippen molar-refractivity contribution in [2.75, 3.05) is 0 Å². The van der Waals surface area contributed by atoms with E-state index in [0.29, 0.717) is 23.1 Å². The largest absolute Gasteiger partial charge is 0.462 e. The van der Waals surface area contributed by atoms with Crippen LogP contribution in [0.2, 0.25) is 0 Å². The molecule has 2 aliphatic rings. The lowest BCUT2D eigenvalue weighted by Crippen LogP contribution is -2.43. The van der Waals surface area contributed by atoms with Gasteiger partial charge in [-0.25, -0.2) is 18.2 Å². The molecule has 1 aliphatic heterocycles. The summed E-state index contributed by atoms with van der Waals surface area (Å²) in [5.41, 5.74) is 5.26. The van der Waals surface area contributed by atoms with Gasteiger partial charge in [-0.3, -0.25) is 4.98 Å². The number of aliphatic imine (C=N–C) groups is 1. The Morgan fingerprint density at radius 1 is 1.26 bits per heavy atom. The number of amidine groups is 1. The van der Waals surface area contributed by atoms with Crippen LogP contribution in [-0.4, -0.2) is 23.5 Å². The Labute approximate surface area is 154 Å². The Bertz CT molecular complexity index is 995. The summed E-state index contributed by atoms with van der Waals surface area (Å²) in [6.45, 7) is 1.70. The van der Waals surface area contributed by atoms with Crippen LogP contribution in [0.5, 0.6) is 0 Å². The number of rotatable bonds is 3. The molecule has 7 heteroatoms. The third-order valence-electron chi connectivity index (χ3n) is 4.94. The van der Waals surface area contributed by atoms with Crippen molar-refractivity contribution in [1.29, 1.82) is 0 Å². The molecule has 0 saturated heterocycles. The maximum atomic E-state index is 14.7. The van der Waals surface area contributed by atoms with Crippen molar-refractivity contribution in [3.05, 3.63) is 53.6 Å². The Hall–Kier alpha value is -3.01. The van der Waals surface area contributed by atoms with Crippen LogP contribution < -0.4 is 5.73 Å². The van der Waals surface area contributed by atoms with E-state index in [9.17, 15) is 13.2 Å². The molecule has 27 heavy (non-hydrogen) atoms. The van der Waals surface area contributed by atoms with Gasteiger partial charge in [0, 0.05) is 35.0 Å². The van der Waals surface area contributed by atoms with Crippen LogP contribution in [0.4, 0.5) is 13.2 Å². The number of hydrogen-bond acceptors (Lipinski definition) is 4. The Morgan fingerprint density at radius 3 is 2.81 bits per heavy atom. The highest BCUT2D eigenvalue weighted by atomic mass is 19.3. The van der Waals surface area contributed by atoms with Gasteiger partial charge in [-0.05, 0) is 37.1 Å². The predicted molar refractivity (Wildman–Crippen MR) is 94.5 cm³/mol. The van der Waals surface area contributed by atoms with E-state index in [1.807, 2.05) is 0 Å². The van der Waals surface area contributed by atoms with Crippen LogP contribution in [-0.2, 0) is 10.3 Å². The Kier molecular flexibility index (Phi) is 4.06. The average molecular weight is 371 g/mol. The molecule has 1 aromatic carbocycles. The monoisotopic (exact) mass is 371 g/mol. The van der Waals surface area contributed by atoms with Gasteiger partial charge in [0.15, 0.2) is 5.54 Å². The van der Waals surface area contributed by atoms with Gasteiger partial charge >= 0.3 is 0 Å². The molecule has 1 unspecified atom stereocenters. The molecule has 2 heterocycles. The van der Waals surface area contributed by atoms with Crippen LogP contribution in [0.25, 0.3) is 11.1 Å². The first-order valence-corrected chi connectivity index (χ1v) is 8.44. The summed E-state index contributed by atoms with van der Waals surface area (Å²) in [6.07, 6.45) is 0.165. The maximum absolute atomic E-state index is 14.7. The van der Waals surface area contributed by atoms with E-state index >= 15 is 0 Å². The summed E-state index contributed by atoms with van der Waals surface area (Å²) < 4.78 is 48.3. The van der Waals surface area contributed by atoms with E-state index in [1.54, 1.807) is 25.4 Å².